The zero-order valence-electron chi connectivity index (χ0n) is 7.89. The molecular weight excluding hydrogens is 162 g/mol. The number of hydrogen-bond acceptors (Lipinski definition) is 0. The van der Waals surface area contributed by atoms with E-state index in [-0.39, 0.29) is 0 Å². The van der Waals surface area contributed by atoms with Crippen LogP contribution in [0, 0.1) is 6.92 Å². The molecule has 2 radical (unpaired) electrons. The van der Waals surface area contributed by atoms with E-state index in [1.54, 1.807) is 0 Å². The summed E-state index contributed by atoms with van der Waals surface area (Å²) in [5.74, 6) is 0.552. The molecule has 0 aliphatic heterocycles. The maximum Gasteiger partial charge on any atom is 0.114 e. The van der Waals surface area contributed by atoms with E-state index in [0.717, 1.165) is 10.8 Å². The van der Waals surface area contributed by atoms with Crippen LogP contribution in [-0.4, -0.2) is 7.85 Å². The van der Waals surface area contributed by atoms with Crippen LogP contribution in [0.25, 0.3) is 0 Å². The van der Waals surface area contributed by atoms with Gasteiger partial charge in [-0.25, -0.2) is 0 Å². The van der Waals surface area contributed by atoms with Crippen molar-refractivity contribution in [2.24, 2.45) is 0 Å². The van der Waals surface area contributed by atoms with Crippen LogP contribution in [0.2, 0.25) is 0 Å². The third kappa shape index (κ3) is 1.90. The molecule has 0 fully saturated rings. The normalized spacial score (nSPS) is 10.8. The second-order valence-corrected chi connectivity index (χ2v) is 4.07. The first-order valence-electron chi connectivity index (χ1n) is 4.18. The fourth-order valence-electron chi connectivity index (χ4n) is 1.19. The largest absolute Gasteiger partial charge is 0.114 e. The number of rotatable bonds is 1. The van der Waals surface area contributed by atoms with Crippen molar-refractivity contribution in [2.75, 3.05) is 0 Å². The van der Waals surface area contributed by atoms with Gasteiger partial charge in [-0.1, -0.05) is 31.4 Å². The molecular formula is C10H14BP. The van der Waals surface area contributed by atoms with Crippen LogP contribution in [0.15, 0.2) is 12.1 Å². The zero-order valence-corrected chi connectivity index (χ0v) is 9.04. The summed E-state index contributed by atoms with van der Waals surface area (Å²) in [5, 5.41) is 1.12. The van der Waals surface area contributed by atoms with Crippen LogP contribution in [0.5, 0.6) is 0 Å². The minimum atomic E-state index is 0.552. The molecule has 1 aromatic rings. The molecule has 0 aliphatic carbocycles. The maximum atomic E-state index is 5.84. The van der Waals surface area contributed by atoms with Gasteiger partial charge in [0.15, 0.2) is 0 Å². The van der Waals surface area contributed by atoms with E-state index >= 15 is 0 Å². The first kappa shape index (κ1) is 9.80. The highest BCUT2D eigenvalue weighted by Gasteiger charge is 2.03. The average molecular weight is 176 g/mol. The Kier molecular flexibility index (Phi) is 2.96. The standard InChI is InChI=1S/C10H14BP/c1-6(2)8-4-7(3)10(12)9(11)5-8/h4-6H,12H2,1-3H3. The second-order valence-electron chi connectivity index (χ2n) is 3.50. The predicted molar refractivity (Wildman–Crippen MR) is 60.0 cm³/mol. The molecule has 0 heterocycles. The second kappa shape index (κ2) is 3.62. The fraction of sp³-hybridized carbons (Fsp3) is 0.400. The van der Waals surface area contributed by atoms with Crippen LogP contribution >= 0.6 is 9.24 Å². The summed E-state index contributed by atoms with van der Waals surface area (Å²) < 4.78 is 0. The number of hydrogen-bond donors (Lipinski definition) is 0. The van der Waals surface area contributed by atoms with Gasteiger partial charge in [0.2, 0.25) is 0 Å². The third-order valence-corrected chi connectivity index (χ3v) is 2.90. The lowest BCUT2D eigenvalue weighted by Crippen LogP contribution is -2.22. The third-order valence-electron chi connectivity index (χ3n) is 2.11. The zero-order chi connectivity index (χ0) is 9.30. The highest BCUT2D eigenvalue weighted by molar-refractivity contribution is 7.28. The first-order valence-corrected chi connectivity index (χ1v) is 4.75. The van der Waals surface area contributed by atoms with E-state index in [4.69, 9.17) is 7.85 Å². The Balaban J connectivity index is 3.21. The molecule has 0 nitrogen and oxygen atoms in total. The monoisotopic (exact) mass is 176 g/mol. The number of aryl methyl sites for hydroxylation is 1. The molecule has 0 saturated carbocycles. The Bertz CT molecular complexity index is 269. The Morgan fingerprint density at radius 1 is 1.33 bits per heavy atom. The lowest BCUT2D eigenvalue weighted by Gasteiger charge is -2.11. The highest BCUT2D eigenvalue weighted by atomic mass is 31.0. The van der Waals surface area contributed by atoms with E-state index in [9.17, 15) is 0 Å². The van der Waals surface area contributed by atoms with Crippen LogP contribution < -0.4 is 10.8 Å². The van der Waals surface area contributed by atoms with Crippen LogP contribution in [0.4, 0.5) is 0 Å². The summed E-state index contributed by atoms with van der Waals surface area (Å²) in [5.41, 5.74) is 3.45. The van der Waals surface area contributed by atoms with Gasteiger partial charge in [0.1, 0.15) is 7.85 Å². The fourth-order valence-corrected chi connectivity index (χ4v) is 1.35. The molecule has 0 spiro atoms. The predicted octanol–water partition coefficient (Wildman–Crippen LogP) is 1.41. The van der Waals surface area contributed by atoms with Crippen molar-refractivity contribution in [2.45, 2.75) is 26.7 Å². The summed E-state index contributed by atoms with van der Waals surface area (Å²) in [6.07, 6.45) is 0. The van der Waals surface area contributed by atoms with Crippen molar-refractivity contribution in [3.05, 3.63) is 23.3 Å². The van der Waals surface area contributed by atoms with Gasteiger partial charge in [0.25, 0.3) is 0 Å². The molecule has 0 amide bonds. The molecule has 1 rings (SSSR count). The average Bonchev–Trinajstić information content (AvgIpc) is 1.99. The highest BCUT2D eigenvalue weighted by Crippen LogP contribution is 2.13. The van der Waals surface area contributed by atoms with Gasteiger partial charge >= 0.3 is 0 Å². The van der Waals surface area contributed by atoms with Crippen LogP contribution in [0.3, 0.4) is 0 Å². The van der Waals surface area contributed by atoms with Crippen molar-refractivity contribution in [3.8, 4) is 0 Å². The molecule has 1 aromatic carbocycles. The molecule has 0 bridgehead atoms. The van der Waals surface area contributed by atoms with Crippen molar-refractivity contribution in [3.63, 3.8) is 0 Å². The molecule has 1 unspecified atom stereocenters. The van der Waals surface area contributed by atoms with Gasteiger partial charge in [-0.2, -0.15) is 0 Å². The number of benzene rings is 1. The van der Waals surface area contributed by atoms with Gasteiger partial charge in [-0.15, -0.1) is 9.24 Å². The van der Waals surface area contributed by atoms with E-state index in [0.29, 0.717) is 5.92 Å². The molecule has 12 heavy (non-hydrogen) atoms. The first-order chi connectivity index (χ1) is 5.52. The van der Waals surface area contributed by atoms with Crippen molar-refractivity contribution < 1.29 is 0 Å². The summed E-state index contributed by atoms with van der Waals surface area (Å²) in [6.45, 7) is 6.44. The quantitative estimate of drug-likeness (QED) is 0.448. The summed E-state index contributed by atoms with van der Waals surface area (Å²) in [7, 11) is 8.51. The van der Waals surface area contributed by atoms with E-state index < -0.39 is 0 Å². The van der Waals surface area contributed by atoms with Gasteiger partial charge in [0.05, 0.1) is 0 Å². The molecule has 0 N–H and O–H groups in total. The van der Waals surface area contributed by atoms with E-state index in [1.807, 2.05) is 0 Å². The Morgan fingerprint density at radius 3 is 2.33 bits per heavy atom. The van der Waals surface area contributed by atoms with Gasteiger partial charge in [-0.3, -0.25) is 0 Å². The summed E-state index contributed by atoms with van der Waals surface area (Å²) >= 11 is 0. The Morgan fingerprint density at radius 2 is 1.92 bits per heavy atom. The summed E-state index contributed by atoms with van der Waals surface area (Å²) in [4.78, 5) is 0. The molecule has 2 heteroatoms. The lowest BCUT2D eigenvalue weighted by atomic mass is 9.89. The topological polar surface area (TPSA) is 0 Å². The van der Waals surface area contributed by atoms with Crippen LogP contribution in [0.1, 0.15) is 30.9 Å². The molecule has 0 aliphatic rings. The van der Waals surface area contributed by atoms with Gasteiger partial charge in [-0.05, 0) is 29.3 Å². The minimum Gasteiger partial charge on any atom is -0.106 e. The Hall–Kier alpha value is -0.285. The van der Waals surface area contributed by atoms with Gasteiger partial charge in [0, 0.05) is 0 Å². The van der Waals surface area contributed by atoms with Crippen LogP contribution in [-0.2, 0) is 0 Å². The Labute approximate surface area is 78.4 Å². The molecule has 0 saturated heterocycles. The molecule has 0 aromatic heterocycles. The van der Waals surface area contributed by atoms with Crippen molar-refractivity contribution in [1.29, 1.82) is 0 Å². The van der Waals surface area contributed by atoms with Crippen molar-refractivity contribution >= 4 is 27.9 Å². The van der Waals surface area contributed by atoms with E-state index in [2.05, 4.69) is 42.1 Å². The smallest absolute Gasteiger partial charge is 0.106 e. The minimum absolute atomic E-state index is 0.552. The van der Waals surface area contributed by atoms with E-state index in [1.165, 1.54) is 11.1 Å². The molecule has 62 valence electrons. The summed E-state index contributed by atoms with van der Waals surface area (Å²) in [6, 6.07) is 4.25. The maximum absolute atomic E-state index is 5.84. The SMILES string of the molecule is [B]c1cc(C(C)C)cc(C)c1P. The lowest BCUT2D eigenvalue weighted by molar-refractivity contribution is 0.867. The molecule has 1 atom stereocenters. The van der Waals surface area contributed by atoms with Gasteiger partial charge < -0.3 is 0 Å². The van der Waals surface area contributed by atoms with Crippen molar-refractivity contribution in [1.82, 2.24) is 0 Å².